The molecule has 2 aromatic carbocycles. The van der Waals surface area contributed by atoms with Gasteiger partial charge >= 0.3 is 0 Å². The van der Waals surface area contributed by atoms with E-state index in [0.29, 0.717) is 19.0 Å². The van der Waals surface area contributed by atoms with Gasteiger partial charge in [0.2, 0.25) is 5.91 Å². The van der Waals surface area contributed by atoms with Gasteiger partial charge in [0.1, 0.15) is 13.2 Å². The molecule has 2 heterocycles. The molecule has 126 valence electrons. The Morgan fingerprint density at radius 2 is 1.88 bits per heavy atom. The summed E-state index contributed by atoms with van der Waals surface area (Å²) in [6, 6.07) is 13.4. The van der Waals surface area contributed by atoms with Crippen LogP contribution in [-0.2, 0) is 11.2 Å². The minimum atomic E-state index is -0.0852. The van der Waals surface area contributed by atoms with E-state index in [0.717, 1.165) is 33.5 Å². The van der Waals surface area contributed by atoms with Crippen molar-refractivity contribution in [1.29, 1.82) is 0 Å². The van der Waals surface area contributed by atoms with Gasteiger partial charge in [0.25, 0.3) is 0 Å². The number of aryl methyl sites for hydroxylation is 1. The van der Waals surface area contributed by atoms with Crippen molar-refractivity contribution in [2.45, 2.75) is 13.3 Å². The topological polar surface area (TPSA) is 60.5 Å². The van der Waals surface area contributed by atoms with Crippen LogP contribution in [-0.4, -0.2) is 24.1 Å². The van der Waals surface area contributed by atoms with Crippen molar-refractivity contribution < 1.29 is 14.3 Å². The van der Waals surface area contributed by atoms with E-state index in [-0.39, 0.29) is 12.3 Å². The Kier molecular flexibility index (Phi) is 3.98. The lowest BCUT2D eigenvalue weighted by atomic mass is 10.0. The standard InChI is InChI=1S/C20H18N2O3/c1-13-10-17-18(25-9-8-24-17)11-15(13)12-19(23)22-16-6-2-4-14-5-3-7-21-20(14)16/h2-7,10-11H,8-9,12H2,1H3,(H,22,23). The van der Waals surface area contributed by atoms with Crippen molar-refractivity contribution in [2.75, 3.05) is 18.5 Å². The van der Waals surface area contributed by atoms with E-state index >= 15 is 0 Å². The molecule has 0 radical (unpaired) electrons. The first-order chi connectivity index (χ1) is 12.2. The molecule has 0 aliphatic carbocycles. The lowest BCUT2D eigenvalue weighted by molar-refractivity contribution is -0.115. The van der Waals surface area contributed by atoms with E-state index < -0.39 is 0 Å². The van der Waals surface area contributed by atoms with Gasteiger partial charge < -0.3 is 14.8 Å². The maximum Gasteiger partial charge on any atom is 0.228 e. The number of nitrogens with one attached hydrogen (secondary N) is 1. The third kappa shape index (κ3) is 3.13. The molecule has 1 aliphatic heterocycles. The number of carbonyl (C=O) groups is 1. The van der Waals surface area contributed by atoms with Crippen molar-refractivity contribution in [3.05, 3.63) is 59.8 Å². The number of hydrogen-bond acceptors (Lipinski definition) is 4. The molecule has 0 saturated carbocycles. The Hall–Kier alpha value is -3.08. The van der Waals surface area contributed by atoms with Gasteiger partial charge in [-0.2, -0.15) is 0 Å². The Bertz CT molecular complexity index is 948. The van der Waals surface area contributed by atoms with Crippen LogP contribution in [0.4, 0.5) is 5.69 Å². The zero-order valence-corrected chi connectivity index (χ0v) is 13.9. The van der Waals surface area contributed by atoms with E-state index in [2.05, 4.69) is 10.3 Å². The fraction of sp³-hybridized carbons (Fsp3) is 0.200. The SMILES string of the molecule is Cc1cc2c(cc1CC(=O)Nc1cccc3cccnc13)OCCO2. The predicted octanol–water partition coefficient (Wildman–Crippen LogP) is 3.50. The van der Waals surface area contributed by atoms with Crippen LogP contribution in [0.3, 0.4) is 0 Å². The fourth-order valence-electron chi connectivity index (χ4n) is 3.00. The first-order valence-corrected chi connectivity index (χ1v) is 8.23. The number of hydrogen-bond donors (Lipinski definition) is 1. The highest BCUT2D eigenvalue weighted by Gasteiger charge is 2.16. The molecule has 25 heavy (non-hydrogen) atoms. The molecule has 1 N–H and O–H groups in total. The molecule has 5 nitrogen and oxygen atoms in total. The van der Waals surface area contributed by atoms with Crippen LogP contribution < -0.4 is 14.8 Å². The van der Waals surface area contributed by atoms with Crippen LogP contribution in [0.25, 0.3) is 10.9 Å². The second-order valence-electron chi connectivity index (χ2n) is 6.03. The van der Waals surface area contributed by atoms with Gasteiger partial charge in [0, 0.05) is 11.6 Å². The summed E-state index contributed by atoms with van der Waals surface area (Å²) in [4.78, 5) is 16.9. The number of ether oxygens (including phenoxy) is 2. The molecule has 1 aliphatic rings. The maximum atomic E-state index is 12.5. The van der Waals surface area contributed by atoms with Crippen molar-refractivity contribution in [3.63, 3.8) is 0 Å². The molecule has 3 aromatic rings. The molecular weight excluding hydrogens is 316 g/mol. The number of benzene rings is 2. The number of aromatic nitrogens is 1. The smallest absolute Gasteiger partial charge is 0.228 e. The Balaban J connectivity index is 1.56. The molecule has 0 bridgehead atoms. The van der Waals surface area contributed by atoms with Crippen molar-refractivity contribution in [3.8, 4) is 11.5 Å². The molecule has 0 saturated heterocycles. The van der Waals surface area contributed by atoms with E-state index in [1.165, 1.54) is 0 Å². The summed E-state index contributed by atoms with van der Waals surface area (Å²) in [7, 11) is 0. The molecule has 1 aromatic heterocycles. The third-order valence-corrected chi connectivity index (χ3v) is 4.26. The van der Waals surface area contributed by atoms with Gasteiger partial charge in [0.05, 0.1) is 17.6 Å². The summed E-state index contributed by atoms with van der Waals surface area (Å²) in [5.41, 5.74) is 3.45. The minimum Gasteiger partial charge on any atom is -0.486 e. The van der Waals surface area contributed by atoms with Gasteiger partial charge in [-0.3, -0.25) is 9.78 Å². The van der Waals surface area contributed by atoms with Crippen molar-refractivity contribution >= 4 is 22.5 Å². The van der Waals surface area contributed by atoms with Crippen molar-refractivity contribution in [1.82, 2.24) is 4.98 Å². The number of pyridine rings is 1. The predicted molar refractivity (Wildman–Crippen MR) is 96.2 cm³/mol. The monoisotopic (exact) mass is 334 g/mol. The summed E-state index contributed by atoms with van der Waals surface area (Å²) < 4.78 is 11.2. The number of nitrogens with zero attached hydrogens (tertiary/aromatic N) is 1. The second kappa shape index (κ2) is 6.43. The summed E-state index contributed by atoms with van der Waals surface area (Å²) in [5, 5.41) is 3.96. The maximum absolute atomic E-state index is 12.5. The van der Waals surface area contributed by atoms with Crippen LogP contribution in [0, 0.1) is 6.92 Å². The van der Waals surface area contributed by atoms with E-state index in [1.54, 1.807) is 6.20 Å². The third-order valence-electron chi connectivity index (χ3n) is 4.26. The summed E-state index contributed by atoms with van der Waals surface area (Å²) >= 11 is 0. The van der Waals surface area contributed by atoms with Crippen LogP contribution >= 0.6 is 0 Å². The highest BCUT2D eigenvalue weighted by Crippen LogP contribution is 2.33. The van der Waals surface area contributed by atoms with E-state index in [9.17, 15) is 4.79 Å². The molecule has 1 amide bonds. The van der Waals surface area contributed by atoms with Gasteiger partial charge in [-0.15, -0.1) is 0 Å². The molecule has 5 heteroatoms. The highest BCUT2D eigenvalue weighted by atomic mass is 16.6. The average molecular weight is 334 g/mol. The zero-order valence-electron chi connectivity index (χ0n) is 13.9. The molecule has 0 fully saturated rings. The van der Waals surface area contributed by atoms with E-state index in [4.69, 9.17) is 9.47 Å². The van der Waals surface area contributed by atoms with Gasteiger partial charge in [0.15, 0.2) is 11.5 Å². The van der Waals surface area contributed by atoms with Gasteiger partial charge in [-0.05, 0) is 42.3 Å². The molecule has 0 unspecified atom stereocenters. The van der Waals surface area contributed by atoms with Crippen molar-refractivity contribution in [2.24, 2.45) is 0 Å². The van der Waals surface area contributed by atoms with Crippen LogP contribution in [0.15, 0.2) is 48.7 Å². The Morgan fingerprint density at radius 3 is 2.72 bits per heavy atom. The number of anilines is 1. The largest absolute Gasteiger partial charge is 0.486 e. The zero-order chi connectivity index (χ0) is 17.2. The number of amides is 1. The summed E-state index contributed by atoms with van der Waals surface area (Å²) in [6.45, 7) is 3.06. The quantitative estimate of drug-likeness (QED) is 0.796. The minimum absolute atomic E-state index is 0.0852. The van der Waals surface area contributed by atoms with Crippen LogP contribution in [0.5, 0.6) is 11.5 Å². The second-order valence-corrected chi connectivity index (χ2v) is 6.03. The van der Waals surface area contributed by atoms with Gasteiger partial charge in [-0.25, -0.2) is 0 Å². The first-order valence-electron chi connectivity index (χ1n) is 8.23. The fourth-order valence-corrected chi connectivity index (χ4v) is 3.00. The summed E-state index contributed by atoms with van der Waals surface area (Å²) in [6.07, 6.45) is 1.99. The normalized spacial score (nSPS) is 12.8. The van der Waals surface area contributed by atoms with Crippen LogP contribution in [0.2, 0.25) is 0 Å². The number of carbonyl (C=O) groups excluding carboxylic acids is 1. The Morgan fingerprint density at radius 1 is 1.12 bits per heavy atom. The highest BCUT2D eigenvalue weighted by molar-refractivity contribution is 6.00. The van der Waals surface area contributed by atoms with E-state index in [1.807, 2.05) is 49.4 Å². The lowest BCUT2D eigenvalue weighted by Gasteiger charge is -2.20. The average Bonchev–Trinajstić information content (AvgIpc) is 2.63. The number of rotatable bonds is 3. The van der Waals surface area contributed by atoms with Crippen LogP contribution in [0.1, 0.15) is 11.1 Å². The summed E-state index contributed by atoms with van der Waals surface area (Å²) in [5.74, 6) is 1.36. The Labute approximate surface area is 145 Å². The number of para-hydroxylation sites is 1. The molecule has 4 rings (SSSR count). The van der Waals surface area contributed by atoms with Gasteiger partial charge in [-0.1, -0.05) is 18.2 Å². The first kappa shape index (κ1) is 15.4. The molecule has 0 spiro atoms. The molecule has 0 atom stereocenters. The molecular formula is C20H18N2O3. The number of fused-ring (bicyclic) bond motifs is 2. The lowest BCUT2D eigenvalue weighted by Crippen LogP contribution is -2.18.